The molecule has 2 rings (SSSR count). The molecule has 1 heterocycles. The van der Waals surface area contributed by atoms with Crippen LogP contribution >= 0.6 is 23.8 Å². The van der Waals surface area contributed by atoms with Gasteiger partial charge in [-0.3, -0.25) is 4.79 Å². The molecule has 0 bridgehead atoms. The van der Waals surface area contributed by atoms with Crippen molar-refractivity contribution in [2.75, 3.05) is 6.61 Å². The summed E-state index contributed by atoms with van der Waals surface area (Å²) < 4.78 is 11.5. The van der Waals surface area contributed by atoms with E-state index in [1.165, 1.54) is 6.92 Å². The molecule has 1 atom stereocenters. The van der Waals surface area contributed by atoms with Crippen LogP contribution in [0.5, 0.6) is 11.5 Å². The van der Waals surface area contributed by atoms with Crippen LogP contribution in [-0.4, -0.2) is 23.6 Å². The van der Waals surface area contributed by atoms with Gasteiger partial charge in [0.05, 0.1) is 23.8 Å². The number of halogens is 1. The van der Waals surface area contributed by atoms with Crippen LogP contribution in [0.4, 0.5) is 0 Å². The number of ether oxygens (including phenoxy) is 2. The van der Waals surface area contributed by atoms with Gasteiger partial charge >= 0.3 is 0 Å². The average Bonchev–Trinajstić information content (AvgIpc) is 2.48. The molecule has 1 aliphatic heterocycles. The zero-order chi connectivity index (χ0) is 18.7. The van der Waals surface area contributed by atoms with Crippen LogP contribution in [-0.2, 0) is 4.79 Å². The van der Waals surface area contributed by atoms with E-state index in [-0.39, 0.29) is 11.9 Å². The number of carbonyl (C=O) groups excluding carboxylic acids is 1. The first-order chi connectivity index (χ1) is 11.7. The Labute approximate surface area is 158 Å². The Bertz CT molecular complexity index is 731. The zero-order valence-electron chi connectivity index (χ0n) is 15.0. The lowest BCUT2D eigenvalue weighted by atomic mass is 9.93. The molecule has 0 radical (unpaired) electrons. The van der Waals surface area contributed by atoms with Crippen LogP contribution in [0, 0.1) is 0 Å². The van der Waals surface area contributed by atoms with Crippen LogP contribution in [0.1, 0.15) is 46.2 Å². The van der Waals surface area contributed by atoms with Gasteiger partial charge in [0, 0.05) is 22.9 Å². The molecule has 0 amide bonds. The van der Waals surface area contributed by atoms with Crippen molar-refractivity contribution in [1.82, 2.24) is 10.6 Å². The summed E-state index contributed by atoms with van der Waals surface area (Å²) >= 11 is 11.8. The maximum atomic E-state index is 12.2. The summed E-state index contributed by atoms with van der Waals surface area (Å²) in [5.74, 6) is 1.11. The Morgan fingerprint density at radius 2 is 2.04 bits per heavy atom. The highest BCUT2D eigenvalue weighted by atomic mass is 35.5. The van der Waals surface area contributed by atoms with Crippen LogP contribution in [0.2, 0.25) is 5.02 Å². The van der Waals surface area contributed by atoms with E-state index in [2.05, 4.69) is 10.6 Å². The zero-order valence-corrected chi connectivity index (χ0v) is 16.6. The third kappa shape index (κ3) is 4.44. The van der Waals surface area contributed by atoms with Crippen molar-refractivity contribution >= 4 is 34.7 Å². The maximum absolute atomic E-state index is 12.2. The predicted octanol–water partition coefficient (Wildman–Crippen LogP) is 3.91. The number of carbonyl (C=O) groups is 1. The standard InChI is InChI=1S/C18H23ClN2O3S/c1-6-23-14-7-12(13(19)8-15(14)24-9(2)3)17-16(11(5)22)10(4)20-18(25)21-17/h7-9,17H,6H2,1-5H3,(H2,20,21,25)/t17-/m1/s1. The quantitative estimate of drug-likeness (QED) is 0.727. The highest BCUT2D eigenvalue weighted by molar-refractivity contribution is 7.80. The van der Waals surface area contributed by atoms with Gasteiger partial charge in [0.15, 0.2) is 22.4 Å². The first kappa shape index (κ1) is 19.5. The maximum Gasteiger partial charge on any atom is 0.171 e. The second-order valence-corrected chi connectivity index (χ2v) is 6.86. The summed E-state index contributed by atoms with van der Waals surface area (Å²) in [7, 11) is 0. The molecule has 2 N–H and O–H groups in total. The summed E-state index contributed by atoms with van der Waals surface area (Å²) in [4.78, 5) is 12.2. The number of allylic oxidation sites excluding steroid dienone is 1. The SMILES string of the molecule is CCOc1cc([C@H]2NC(=S)NC(C)=C2C(C)=O)c(Cl)cc1OC(C)C. The molecule has 0 aliphatic carbocycles. The summed E-state index contributed by atoms with van der Waals surface area (Å²) in [6, 6.07) is 3.10. The fourth-order valence-electron chi connectivity index (χ4n) is 2.78. The Morgan fingerprint density at radius 3 is 2.60 bits per heavy atom. The number of nitrogens with one attached hydrogen (secondary N) is 2. The van der Waals surface area contributed by atoms with Crippen molar-refractivity contribution in [3.63, 3.8) is 0 Å². The highest BCUT2D eigenvalue weighted by Crippen LogP contribution is 2.40. The minimum absolute atomic E-state index is 0.0133. The van der Waals surface area contributed by atoms with Gasteiger partial charge < -0.3 is 20.1 Å². The van der Waals surface area contributed by atoms with E-state index >= 15 is 0 Å². The Hall–Kier alpha value is -1.79. The monoisotopic (exact) mass is 382 g/mol. The smallest absolute Gasteiger partial charge is 0.171 e. The summed E-state index contributed by atoms with van der Waals surface area (Å²) in [5, 5.41) is 7.04. The molecule has 1 aliphatic rings. The number of Topliss-reactive ketones (excluding diaryl/α,β-unsaturated/α-hetero) is 1. The molecular formula is C18H23ClN2O3S. The number of ketones is 1. The van der Waals surface area contributed by atoms with Gasteiger partial charge in [-0.25, -0.2) is 0 Å². The molecule has 136 valence electrons. The summed E-state index contributed by atoms with van der Waals surface area (Å²) in [5.41, 5.74) is 2.03. The Balaban J connectivity index is 2.57. The molecule has 0 saturated carbocycles. The Kier molecular flexibility index (Phi) is 6.30. The van der Waals surface area contributed by atoms with Crippen molar-refractivity contribution < 1.29 is 14.3 Å². The third-order valence-corrected chi connectivity index (χ3v) is 4.23. The van der Waals surface area contributed by atoms with E-state index in [4.69, 9.17) is 33.3 Å². The molecule has 1 aromatic rings. The van der Waals surface area contributed by atoms with Crippen LogP contribution < -0.4 is 20.1 Å². The number of hydrogen-bond donors (Lipinski definition) is 2. The normalized spacial score (nSPS) is 17.2. The van der Waals surface area contributed by atoms with Gasteiger partial charge in [0.25, 0.3) is 0 Å². The molecule has 0 unspecified atom stereocenters. The van der Waals surface area contributed by atoms with E-state index in [0.717, 1.165) is 11.3 Å². The van der Waals surface area contributed by atoms with Crippen LogP contribution in [0.15, 0.2) is 23.4 Å². The molecule has 0 aromatic heterocycles. The van der Waals surface area contributed by atoms with Crippen molar-refractivity contribution in [3.05, 3.63) is 34.0 Å². The second-order valence-electron chi connectivity index (χ2n) is 6.05. The van der Waals surface area contributed by atoms with Crippen LogP contribution in [0.25, 0.3) is 0 Å². The number of rotatable bonds is 6. The van der Waals surface area contributed by atoms with E-state index in [0.29, 0.717) is 33.8 Å². The summed E-state index contributed by atoms with van der Waals surface area (Å²) in [6.45, 7) is 9.61. The minimum atomic E-state index is -0.439. The van der Waals surface area contributed by atoms with E-state index in [9.17, 15) is 4.79 Å². The number of hydrogen-bond acceptors (Lipinski definition) is 4. The first-order valence-electron chi connectivity index (χ1n) is 8.16. The predicted molar refractivity (Wildman–Crippen MR) is 103 cm³/mol. The van der Waals surface area contributed by atoms with Crippen molar-refractivity contribution in [2.24, 2.45) is 0 Å². The second kappa shape index (κ2) is 8.06. The molecule has 0 saturated heterocycles. The fraction of sp³-hybridized carbons (Fsp3) is 0.444. The van der Waals surface area contributed by atoms with E-state index < -0.39 is 6.04 Å². The molecule has 7 heteroatoms. The number of thiocarbonyl (C=S) groups is 1. The van der Waals surface area contributed by atoms with Crippen molar-refractivity contribution in [2.45, 2.75) is 46.8 Å². The summed E-state index contributed by atoms with van der Waals surface area (Å²) in [6.07, 6.45) is -0.0133. The lowest BCUT2D eigenvalue weighted by Gasteiger charge is -2.31. The van der Waals surface area contributed by atoms with Gasteiger partial charge in [-0.2, -0.15) is 0 Å². The van der Waals surface area contributed by atoms with Gasteiger partial charge in [0.1, 0.15) is 0 Å². The fourth-order valence-corrected chi connectivity index (χ4v) is 3.31. The molecule has 5 nitrogen and oxygen atoms in total. The first-order valence-corrected chi connectivity index (χ1v) is 8.95. The average molecular weight is 383 g/mol. The number of benzene rings is 1. The molecule has 1 aromatic carbocycles. The molecule has 25 heavy (non-hydrogen) atoms. The third-order valence-electron chi connectivity index (χ3n) is 3.68. The van der Waals surface area contributed by atoms with Crippen molar-refractivity contribution in [3.8, 4) is 11.5 Å². The van der Waals surface area contributed by atoms with Gasteiger partial charge in [-0.1, -0.05) is 11.6 Å². The largest absolute Gasteiger partial charge is 0.490 e. The van der Waals surface area contributed by atoms with Gasteiger partial charge in [-0.15, -0.1) is 0 Å². The molecule has 0 fully saturated rings. The molecular weight excluding hydrogens is 360 g/mol. The lowest BCUT2D eigenvalue weighted by Crippen LogP contribution is -2.44. The van der Waals surface area contributed by atoms with Gasteiger partial charge in [-0.05, 0) is 52.9 Å². The minimum Gasteiger partial charge on any atom is -0.490 e. The van der Waals surface area contributed by atoms with Crippen molar-refractivity contribution in [1.29, 1.82) is 0 Å². The molecule has 0 spiro atoms. The topological polar surface area (TPSA) is 59.6 Å². The Morgan fingerprint density at radius 1 is 1.36 bits per heavy atom. The lowest BCUT2D eigenvalue weighted by molar-refractivity contribution is -0.114. The highest BCUT2D eigenvalue weighted by Gasteiger charge is 2.30. The van der Waals surface area contributed by atoms with E-state index in [1.807, 2.05) is 33.8 Å². The van der Waals surface area contributed by atoms with Crippen LogP contribution in [0.3, 0.4) is 0 Å². The van der Waals surface area contributed by atoms with Gasteiger partial charge in [0.2, 0.25) is 0 Å². The van der Waals surface area contributed by atoms with E-state index in [1.54, 1.807) is 6.07 Å².